The molecule has 10 aromatic rings. The molecule has 0 saturated carbocycles. The molecule has 1 heteroatoms. The third-order valence-corrected chi connectivity index (χ3v) is 12.2. The summed E-state index contributed by atoms with van der Waals surface area (Å²) < 4.78 is 2.45. The first-order valence-electron chi connectivity index (χ1n) is 19.7. The van der Waals surface area contributed by atoms with Crippen molar-refractivity contribution in [1.82, 2.24) is 4.57 Å². The molecular weight excluding hydrogens is 675 g/mol. The molecule has 0 aliphatic heterocycles. The molecule has 0 fully saturated rings. The Morgan fingerprint density at radius 3 is 1.71 bits per heavy atom. The van der Waals surface area contributed by atoms with Crippen molar-refractivity contribution in [2.75, 3.05) is 0 Å². The van der Waals surface area contributed by atoms with E-state index >= 15 is 0 Å². The molecule has 1 aromatic heterocycles. The van der Waals surface area contributed by atoms with Crippen LogP contribution in [-0.4, -0.2) is 4.57 Å². The minimum atomic E-state index is 0.279. The molecular formula is C55H39N. The summed E-state index contributed by atoms with van der Waals surface area (Å²) in [5.41, 5.74) is 17.8. The van der Waals surface area contributed by atoms with Crippen LogP contribution in [0.1, 0.15) is 35.4 Å². The third-order valence-electron chi connectivity index (χ3n) is 12.2. The van der Waals surface area contributed by atoms with Gasteiger partial charge in [-0.05, 0) is 120 Å². The summed E-state index contributed by atoms with van der Waals surface area (Å²) in [6, 6.07) is 76.3. The zero-order valence-electron chi connectivity index (χ0n) is 31.2. The van der Waals surface area contributed by atoms with Gasteiger partial charge in [-0.2, -0.15) is 0 Å². The normalized spacial score (nSPS) is 14.9. The lowest BCUT2D eigenvalue weighted by atomic mass is 9.68. The van der Waals surface area contributed by atoms with Gasteiger partial charge in [0, 0.05) is 22.4 Å². The van der Waals surface area contributed by atoms with Crippen LogP contribution < -0.4 is 0 Å². The van der Waals surface area contributed by atoms with Crippen molar-refractivity contribution in [2.24, 2.45) is 0 Å². The highest BCUT2D eigenvalue weighted by Crippen LogP contribution is 2.51. The highest BCUT2D eigenvalue weighted by molar-refractivity contribution is 6.10. The Morgan fingerprint density at radius 1 is 0.339 bits per heavy atom. The average Bonchev–Trinajstić information content (AvgIpc) is 3.60. The zero-order valence-corrected chi connectivity index (χ0v) is 31.2. The monoisotopic (exact) mass is 713 g/mol. The van der Waals surface area contributed by atoms with Gasteiger partial charge in [0.1, 0.15) is 0 Å². The number of aromatic nitrogens is 1. The highest BCUT2D eigenvalue weighted by Gasteiger charge is 2.33. The molecule has 0 spiro atoms. The molecule has 1 nitrogen and oxygen atoms in total. The van der Waals surface area contributed by atoms with E-state index < -0.39 is 0 Å². The molecule has 56 heavy (non-hydrogen) atoms. The van der Waals surface area contributed by atoms with Gasteiger partial charge in [-0.25, -0.2) is 0 Å². The first-order chi connectivity index (χ1) is 27.7. The lowest BCUT2D eigenvalue weighted by Gasteiger charge is -2.35. The van der Waals surface area contributed by atoms with Gasteiger partial charge in [-0.3, -0.25) is 0 Å². The Balaban J connectivity index is 1.06. The van der Waals surface area contributed by atoms with Crippen molar-refractivity contribution >= 4 is 32.6 Å². The Bertz CT molecular complexity index is 3030. The number of rotatable bonds is 5. The Labute approximate surface area is 327 Å². The van der Waals surface area contributed by atoms with Crippen LogP contribution in [0.25, 0.3) is 82.8 Å². The van der Waals surface area contributed by atoms with Gasteiger partial charge < -0.3 is 4.57 Å². The van der Waals surface area contributed by atoms with E-state index in [-0.39, 0.29) is 5.92 Å². The quantitative estimate of drug-likeness (QED) is 0.167. The molecule has 11 rings (SSSR count). The van der Waals surface area contributed by atoms with E-state index in [0.29, 0.717) is 5.92 Å². The van der Waals surface area contributed by atoms with Gasteiger partial charge in [-0.15, -0.1) is 0 Å². The fourth-order valence-corrected chi connectivity index (χ4v) is 9.55. The average molecular weight is 714 g/mol. The minimum Gasteiger partial charge on any atom is -0.309 e. The van der Waals surface area contributed by atoms with E-state index in [4.69, 9.17) is 0 Å². The van der Waals surface area contributed by atoms with Crippen molar-refractivity contribution in [3.05, 3.63) is 223 Å². The van der Waals surface area contributed by atoms with E-state index in [0.717, 1.165) is 5.69 Å². The van der Waals surface area contributed by atoms with Crippen LogP contribution in [0.5, 0.6) is 0 Å². The highest BCUT2D eigenvalue weighted by atomic mass is 15.0. The maximum atomic E-state index is 2.45. The smallest absolute Gasteiger partial charge is 0.0541 e. The van der Waals surface area contributed by atoms with E-state index in [1.54, 1.807) is 0 Å². The summed E-state index contributed by atoms with van der Waals surface area (Å²) in [5, 5.41) is 5.16. The fraction of sp³-hybridized carbons (Fsp3) is 0.0545. The molecule has 0 bridgehead atoms. The van der Waals surface area contributed by atoms with Gasteiger partial charge in [0.25, 0.3) is 0 Å². The van der Waals surface area contributed by atoms with Crippen molar-refractivity contribution in [2.45, 2.75) is 18.8 Å². The number of benzene rings is 9. The van der Waals surface area contributed by atoms with Gasteiger partial charge in [0.2, 0.25) is 0 Å². The molecule has 0 saturated heterocycles. The third kappa shape index (κ3) is 5.23. The Hall–Kier alpha value is -6.96. The lowest BCUT2D eigenvalue weighted by Crippen LogP contribution is -2.17. The van der Waals surface area contributed by atoms with Crippen molar-refractivity contribution in [3.8, 4) is 50.2 Å². The van der Waals surface area contributed by atoms with Crippen LogP contribution in [-0.2, 0) is 0 Å². The Kier molecular flexibility index (Phi) is 7.60. The molecule has 0 radical (unpaired) electrons. The van der Waals surface area contributed by atoms with Crippen LogP contribution in [0, 0.1) is 0 Å². The minimum absolute atomic E-state index is 0.279. The number of para-hydroxylation sites is 1. The molecule has 2 unspecified atom stereocenters. The van der Waals surface area contributed by atoms with E-state index in [9.17, 15) is 0 Å². The summed E-state index contributed by atoms with van der Waals surface area (Å²) in [7, 11) is 0. The van der Waals surface area contributed by atoms with E-state index in [1.165, 1.54) is 93.8 Å². The van der Waals surface area contributed by atoms with Crippen LogP contribution in [0.2, 0.25) is 0 Å². The fourth-order valence-electron chi connectivity index (χ4n) is 9.55. The number of fused-ring (bicyclic) bond motifs is 7. The van der Waals surface area contributed by atoms with Crippen LogP contribution in [0.15, 0.2) is 206 Å². The topological polar surface area (TPSA) is 4.93 Å². The summed E-state index contributed by atoms with van der Waals surface area (Å²) in [4.78, 5) is 0. The number of nitrogens with zero attached hydrogens (tertiary/aromatic N) is 1. The van der Waals surface area contributed by atoms with Crippen molar-refractivity contribution in [3.63, 3.8) is 0 Å². The first-order valence-corrected chi connectivity index (χ1v) is 19.7. The van der Waals surface area contributed by atoms with Gasteiger partial charge in [0.15, 0.2) is 0 Å². The molecule has 2 atom stereocenters. The molecule has 0 N–H and O–H groups in total. The SMILES string of the molecule is CC1c2ccc(-c3ccc4c(c3)c3ccccc3n4-c3cc(-c4ccccc4)cc(-c4ccccc4)c3)cc2-c2ccccc2C1c1cccc2ccccc12. The summed E-state index contributed by atoms with van der Waals surface area (Å²) in [6.07, 6.45) is 0. The second kappa shape index (κ2) is 13.1. The first kappa shape index (κ1) is 32.5. The number of hydrogen-bond donors (Lipinski definition) is 0. The molecule has 1 aliphatic carbocycles. The summed E-state index contributed by atoms with van der Waals surface area (Å²) in [5.74, 6) is 0.605. The summed E-state index contributed by atoms with van der Waals surface area (Å²) >= 11 is 0. The lowest BCUT2D eigenvalue weighted by molar-refractivity contribution is 0.653. The maximum Gasteiger partial charge on any atom is 0.0541 e. The van der Waals surface area contributed by atoms with Crippen LogP contribution >= 0.6 is 0 Å². The second-order valence-electron chi connectivity index (χ2n) is 15.3. The second-order valence-corrected chi connectivity index (χ2v) is 15.3. The predicted octanol–water partition coefficient (Wildman–Crippen LogP) is 14.9. The van der Waals surface area contributed by atoms with Gasteiger partial charge in [-0.1, -0.05) is 171 Å². The van der Waals surface area contributed by atoms with Crippen LogP contribution in [0.3, 0.4) is 0 Å². The van der Waals surface area contributed by atoms with E-state index in [1.807, 2.05) is 0 Å². The predicted molar refractivity (Wildman–Crippen MR) is 237 cm³/mol. The maximum absolute atomic E-state index is 2.45. The molecule has 1 aliphatic rings. The molecule has 0 amide bonds. The molecule has 9 aromatic carbocycles. The van der Waals surface area contributed by atoms with Crippen molar-refractivity contribution < 1.29 is 0 Å². The summed E-state index contributed by atoms with van der Waals surface area (Å²) in [6.45, 7) is 2.41. The Morgan fingerprint density at radius 2 is 0.929 bits per heavy atom. The zero-order chi connectivity index (χ0) is 37.2. The number of hydrogen-bond acceptors (Lipinski definition) is 0. The van der Waals surface area contributed by atoms with E-state index in [2.05, 4.69) is 218 Å². The molecule has 1 heterocycles. The van der Waals surface area contributed by atoms with Crippen molar-refractivity contribution in [1.29, 1.82) is 0 Å². The van der Waals surface area contributed by atoms with Gasteiger partial charge >= 0.3 is 0 Å². The standard InChI is InChI=1S/C55H39N/c1-36-45-29-27-40(34-51(45)47-22-10-11-24-50(47)55(36)49-25-14-20-39-19-8-9-21-46(39)49)41-28-30-54-52(35-41)48-23-12-13-26-53(48)56(54)44-32-42(37-15-4-2-5-16-37)31-43(33-44)38-17-6-3-7-18-38/h2-36,55H,1H3. The molecule has 264 valence electrons. The van der Waals surface area contributed by atoms with Gasteiger partial charge in [0.05, 0.1) is 11.0 Å². The largest absolute Gasteiger partial charge is 0.309 e. The van der Waals surface area contributed by atoms with Crippen LogP contribution in [0.4, 0.5) is 0 Å².